The number of aryl methyl sites for hydroxylation is 2. The number of aliphatic carboxylic acids is 1. The molecule has 6 nitrogen and oxygen atoms in total. The van der Waals surface area contributed by atoms with E-state index < -0.39 is 16.0 Å². The summed E-state index contributed by atoms with van der Waals surface area (Å²) in [6.07, 6.45) is 0.741. The lowest BCUT2D eigenvalue weighted by Gasteiger charge is -2.22. The average molecular weight is 438 g/mol. The third-order valence-electron chi connectivity index (χ3n) is 4.21. The van der Waals surface area contributed by atoms with Crippen LogP contribution in [0.15, 0.2) is 52.3 Å². The first-order chi connectivity index (χ1) is 13.7. The zero-order valence-electron chi connectivity index (χ0n) is 16.9. The Morgan fingerprint density at radius 1 is 1.14 bits per heavy atom. The summed E-state index contributed by atoms with van der Waals surface area (Å²) in [4.78, 5) is 11.9. The maximum absolute atomic E-state index is 13.0. The fraction of sp³-hybridized carbons (Fsp3) is 0.381. The Bertz CT molecular complexity index is 944. The number of rotatable bonds is 11. The van der Waals surface area contributed by atoms with Crippen molar-refractivity contribution >= 4 is 27.8 Å². The number of benzene rings is 2. The van der Waals surface area contributed by atoms with Crippen molar-refractivity contribution in [2.45, 2.75) is 37.0 Å². The molecule has 2 aromatic carbocycles. The van der Waals surface area contributed by atoms with Gasteiger partial charge in [-0.2, -0.15) is 4.31 Å². The smallest absolute Gasteiger partial charge is 0.341 e. The predicted octanol–water partition coefficient (Wildman–Crippen LogP) is 3.96. The largest absolute Gasteiger partial charge is 0.482 e. The Kier molecular flexibility index (Phi) is 8.55. The molecule has 0 amide bonds. The molecule has 158 valence electrons. The number of nitrogens with zero attached hydrogens (tertiary/aromatic N) is 1. The first-order valence-electron chi connectivity index (χ1n) is 9.39. The van der Waals surface area contributed by atoms with Gasteiger partial charge >= 0.3 is 5.97 Å². The quantitative estimate of drug-likeness (QED) is 0.536. The number of hydrogen-bond donors (Lipinski definition) is 1. The average Bonchev–Trinajstić information content (AvgIpc) is 2.66. The fourth-order valence-corrected chi connectivity index (χ4v) is 5.53. The molecule has 8 heteroatoms. The summed E-state index contributed by atoms with van der Waals surface area (Å²) in [5.74, 6) is 0.125. The van der Waals surface area contributed by atoms with Crippen LogP contribution in [0.3, 0.4) is 0 Å². The van der Waals surface area contributed by atoms with Crippen LogP contribution in [-0.4, -0.2) is 49.2 Å². The van der Waals surface area contributed by atoms with Crippen LogP contribution in [0.25, 0.3) is 0 Å². The zero-order valence-corrected chi connectivity index (χ0v) is 18.6. The molecule has 2 rings (SSSR count). The van der Waals surface area contributed by atoms with E-state index in [0.717, 1.165) is 22.4 Å². The van der Waals surface area contributed by atoms with Crippen LogP contribution < -0.4 is 4.74 Å². The molecular weight excluding hydrogens is 410 g/mol. The molecule has 1 N–H and O–H groups in total. The van der Waals surface area contributed by atoms with Gasteiger partial charge < -0.3 is 9.84 Å². The molecule has 29 heavy (non-hydrogen) atoms. The molecule has 0 spiro atoms. The van der Waals surface area contributed by atoms with Gasteiger partial charge in [0.05, 0.1) is 4.90 Å². The summed E-state index contributed by atoms with van der Waals surface area (Å²) in [7, 11) is -3.53. The standard InChI is InChI=1S/C21H27NO5S2/c1-4-10-22(29(25,26)19-7-5-6-16(2)13-19)11-12-28-18-8-9-20(17(3)14-18)27-15-21(23)24/h5-9,13-14H,4,10-12,15H2,1-3H3,(H,23,24). The highest BCUT2D eigenvalue weighted by Gasteiger charge is 2.23. The molecule has 0 radical (unpaired) electrons. The lowest BCUT2D eigenvalue weighted by atomic mass is 10.2. The van der Waals surface area contributed by atoms with Crippen LogP contribution in [-0.2, 0) is 14.8 Å². The van der Waals surface area contributed by atoms with Crippen molar-refractivity contribution in [2.24, 2.45) is 0 Å². The minimum absolute atomic E-state index is 0.326. The van der Waals surface area contributed by atoms with Crippen molar-refractivity contribution in [1.29, 1.82) is 0 Å². The third kappa shape index (κ3) is 6.76. The molecule has 0 saturated heterocycles. The van der Waals surface area contributed by atoms with Crippen LogP contribution in [0, 0.1) is 13.8 Å². The van der Waals surface area contributed by atoms with E-state index in [1.54, 1.807) is 36.0 Å². The van der Waals surface area contributed by atoms with Crippen LogP contribution in [0.1, 0.15) is 24.5 Å². The van der Waals surface area contributed by atoms with E-state index in [2.05, 4.69) is 0 Å². The second-order valence-corrected chi connectivity index (χ2v) is 9.79. The molecule has 0 aliphatic heterocycles. The summed E-state index contributed by atoms with van der Waals surface area (Å²) in [6.45, 7) is 6.20. The minimum Gasteiger partial charge on any atom is -0.482 e. The van der Waals surface area contributed by atoms with Gasteiger partial charge in [-0.05, 0) is 61.7 Å². The molecule has 0 aliphatic carbocycles. The molecule has 0 fully saturated rings. The van der Waals surface area contributed by atoms with E-state index in [9.17, 15) is 13.2 Å². The van der Waals surface area contributed by atoms with Gasteiger partial charge in [0.15, 0.2) is 6.61 Å². The van der Waals surface area contributed by atoms with Gasteiger partial charge in [-0.25, -0.2) is 13.2 Å². The number of thioether (sulfide) groups is 1. The molecular formula is C21H27NO5S2. The van der Waals surface area contributed by atoms with Crippen molar-refractivity contribution in [3.63, 3.8) is 0 Å². The van der Waals surface area contributed by atoms with Crippen LogP contribution in [0.4, 0.5) is 0 Å². The molecule has 2 aromatic rings. The van der Waals surface area contributed by atoms with Crippen molar-refractivity contribution in [3.05, 3.63) is 53.6 Å². The second kappa shape index (κ2) is 10.7. The summed E-state index contributed by atoms with van der Waals surface area (Å²) in [5, 5.41) is 8.71. The van der Waals surface area contributed by atoms with Crippen LogP contribution in [0.5, 0.6) is 5.75 Å². The Hall–Kier alpha value is -2.03. The van der Waals surface area contributed by atoms with Gasteiger partial charge in [0, 0.05) is 23.7 Å². The van der Waals surface area contributed by atoms with Gasteiger partial charge in [-0.1, -0.05) is 19.1 Å². The van der Waals surface area contributed by atoms with E-state index >= 15 is 0 Å². The van der Waals surface area contributed by atoms with Gasteiger partial charge in [0.1, 0.15) is 5.75 Å². The van der Waals surface area contributed by atoms with Gasteiger partial charge in [-0.3, -0.25) is 0 Å². The van der Waals surface area contributed by atoms with Gasteiger partial charge in [0.2, 0.25) is 10.0 Å². The number of carboxylic acid groups (broad SMARTS) is 1. The second-order valence-electron chi connectivity index (χ2n) is 6.68. The molecule has 0 heterocycles. The summed E-state index contributed by atoms with van der Waals surface area (Å²) in [5.41, 5.74) is 1.76. The molecule has 0 unspecified atom stereocenters. The maximum Gasteiger partial charge on any atom is 0.341 e. The fourth-order valence-electron chi connectivity index (χ4n) is 2.80. The Balaban J connectivity index is 2.02. The summed E-state index contributed by atoms with van der Waals surface area (Å²) < 4.78 is 32.8. The van der Waals surface area contributed by atoms with E-state index in [1.807, 2.05) is 39.0 Å². The van der Waals surface area contributed by atoms with Crippen LogP contribution >= 0.6 is 11.8 Å². The van der Waals surface area contributed by atoms with Crippen molar-refractivity contribution in [3.8, 4) is 5.75 Å². The molecule has 0 atom stereocenters. The first kappa shape index (κ1) is 23.3. The number of ether oxygens (including phenoxy) is 1. The monoisotopic (exact) mass is 437 g/mol. The van der Waals surface area contributed by atoms with E-state index in [-0.39, 0.29) is 6.61 Å². The third-order valence-corrected chi connectivity index (χ3v) is 7.08. The highest BCUT2D eigenvalue weighted by atomic mass is 32.2. The lowest BCUT2D eigenvalue weighted by molar-refractivity contribution is -0.139. The highest BCUT2D eigenvalue weighted by molar-refractivity contribution is 7.99. The molecule has 0 bridgehead atoms. The van der Waals surface area contributed by atoms with Crippen molar-refractivity contribution in [1.82, 2.24) is 4.31 Å². The number of carbonyl (C=O) groups is 1. The topological polar surface area (TPSA) is 83.9 Å². The summed E-state index contributed by atoms with van der Waals surface area (Å²) >= 11 is 1.56. The van der Waals surface area contributed by atoms with E-state index in [4.69, 9.17) is 9.84 Å². The minimum atomic E-state index is -3.53. The molecule has 0 aromatic heterocycles. The number of carboxylic acids is 1. The SMILES string of the molecule is CCCN(CCSc1ccc(OCC(=O)O)c(C)c1)S(=O)(=O)c1cccc(C)c1. The Labute approximate surface area is 176 Å². The molecule has 0 saturated carbocycles. The number of sulfonamides is 1. The molecule has 0 aliphatic rings. The number of hydrogen-bond acceptors (Lipinski definition) is 5. The van der Waals surface area contributed by atoms with E-state index in [0.29, 0.717) is 29.5 Å². The van der Waals surface area contributed by atoms with Gasteiger partial charge in [0.25, 0.3) is 0 Å². The lowest BCUT2D eigenvalue weighted by Crippen LogP contribution is -2.33. The Morgan fingerprint density at radius 3 is 2.52 bits per heavy atom. The zero-order chi connectivity index (χ0) is 21.4. The van der Waals surface area contributed by atoms with E-state index in [1.165, 1.54) is 4.31 Å². The maximum atomic E-state index is 13.0. The van der Waals surface area contributed by atoms with Gasteiger partial charge in [-0.15, -0.1) is 11.8 Å². The van der Waals surface area contributed by atoms with Crippen molar-refractivity contribution < 1.29 is 23.1 Å². The summed E-state index contributed by atoms with van der Waals surface area (Å²) in [6, 6.07) is 12.5. The van der Waals surface area contributed by atoms with Crippen LogP contribution in [0.2, 0.25) is 0 Å². The Morgan fingerprint density at radius 2 is 1.90 bits per heavy atom. The van der Waals surface area contributed by atoms with Crippen molar-refractivity contribution in [2.75, 3.05) is 25.4 Å². The first-order valence-corrected chi connectivity index (χ1v) is 11.8. The predicted molar refractivity (Wildman–Crippen MR) is 115 cm³/mol. The highest BCUT2D eigenvalue weighted by Crippen LogP contribution is 2.26. The normalized spacial score (nSPS) is 11.6.